The zero-order valence-electron chi connectivity index (χ0n) is 15.2. The third kappa shape index (κ3) is 2.96. The van der Waals surface area contributed by atoms with Gasteiger partial charge >= 0.3 is 0 Å². The van der Waals surface area contributed by atoms with Crippen LogP contribution in [0.4, 0.5) is 0 Å². The van der Waals surface area contributed by atoms with E-state index in [-0.39, 0.29) is 11.7 Å². The average Bonchev–Trinajstić information content (AvgIpc) is 2.60. The first-order valence-corrected chi connectivity index (χ1v) is 9.00. The number of phenols is 1. The number of aromatic nitrogens is 1. The Morgan fingerprint density at radius 3 is 2.69 bits per heavy atom. The molecule has 0 fully saturated rings. The Labute approximate surface area is 153 Å². The molecule has 4 nitrogen and oxygen atoms in total. The number of benzene rings is 2. The summed E-state index contributed by atoms with van der Waals surface area (Å²) in [5, 5.41) is 22.8. The number of aromatic hydroxyl groups is 1. The van der Waals surface area contributed by atoms with Crippen LogP contribution in [-0.4, -0.2) is 40.7 Å². The second kappa shape index (κ2) is 6.38. The maximum Gasteiger partial charge on any atom is 0.115 e. The van der Waals surface area contributed by atoms with Gasteiger partial charge in [0.05, 0.1) is 11.1 Å². The topological polar surface area (TPSA) is 56.6 Å². The number of aliphatic hydroxyl groups is 1. The molecule has 1 heterocycles. The number of phenolic OH excluding ortho intramolecular Hbond substituents is 1. The molecule has 0 radical (unpaired) electrons. The van der Waals surface area contributed by atoms with E-state index in [1.54, 1.807) is 18.2 Å². The summed E-state index contributed by atoms with van der Waals surface area (Å²) in [6.07, 6.45) is 1.21. The van der Waals surface area contributed by atoms with Gasteiger partial charge in [0.25, 0.3) is 0 Å². The first-order chi connectivity index (χ1) is 12.5. The highest BCUT2D eigenvalue weighted by Gasteiger charge is 2.43. The summed E-state index contributed by atoms with van der Waals surface area (Å²) in [7, 11) is 4.05. The highest BCUT2D eigenvalue weighted by Crippen LogP contribution is 2.42. The van der Waals surface area contributed by atoms with Crippen molar-refractivity contribution >= 4 is 10.9 Å². The second-order valence-electron chi connectivity index (χ2n) is 7.60. The molecule has 1 aliphatic rings. The smallest absolute Gasteiger partial charge is 0.115 e. The van der Waals surface area contributed by atoms with Crippen molar-refractivity contribution in [1.82, 2.24) is 9.88 Å². The van der Waals surface area contributed by atoms with Gasteiger partial charge in [-0.1, -0.05) is 30.3 Å². The van der Waals surface area contributed by atoms with E-state index in [0.717, 1.165) is 35.1 Å². The Kier molecular flexibility index (Phi) is 4.17. The van der Waals surface area contributed by atoms with Crippen LogP contribution < -0.4 is 0 Å². The second-order valence-corrected chi connectivity index (χ2v) is 7.60. The van der Waals surface area contributed by atoms with Crippen LogP contribution in [0.25, 0.3) is 10.9 Å². The number of hydrogen-bond acceptors (Lipinski definition) is 4. The minimum absolute atomic E-state index is 0.0229. The summed E-state index contributed by atoms with van der Waals surface area (Å²) in [6.45, 7) is 0.762. The van der Waals surface area contributed by atoms with Crippen LogP contribution in [0.2, 0.25) is 0 Å². The fraction of sp³-hybridized carbons (Fsp3) is 0.318. The summed E-state index contributed by atoms with van der Waals surface area (Å²) in [5.74, 6) is 0.201. The molecule has 4 rings (SSSR count). The standard InChI is InChI=1S/C22H24N2O2/c1-24(2)14-18-11-16-10-15-6-3-4-9-20(15)23-21(16)13-22(18,26)17-7-5-8-19(25)12-17/h3-10,12,18,25-26H,11,13-14H2,1-2H3. The van der Waals surface area contributed by atoms with Crippen molar-refractivity contribution in [3.05, 3.63) is 71.4 Å². The lowest BCUT2D eigenvalue weighted by atomic mass is 9.70. The monoisotopic (exact) mass is 348 g/mol. The van der Waals surface area contributed by atoms with Gasteiger partial charge in [-0.25, -0.2) is 0 Å². The van der Waals surface area contributed by atoms with E-state index in [1.165, 1.54) is 5.56 Å². The van der Waals surface area contributed by atoms with Gasteiger partial charge in [-0.05, 0) is 55.9 Å². The minimum Gasteiger partial charge on any atom is -0.508 e. The van der Waals surface area contributed by atoms with Crippen molar-refractivity contribution in [3.63, 3.8) is 0 Å². The van der Waals surface area contributed by atoms with Gasteiger partial charge < -0.3 is 15.1 Å². The largest absolute Gasteiger partial charge is 0.508 e. The molecular formula is C22H24N2O2. The number of pyridine rings is 1. The number of fused-ring (bicyclic) bond motifs is 2. The first-order valence-electron chi connectivity index (χ1n) is 9.00. The molecule has 2 N–H and O–H groups in total. The Balaban J connectivity index is 1.84. The van der Waals surface area contributed by atoms with Crippen molar-refractivity contribution in [3.8, 4) is 5.75 Å². The maximum atomic E-state index is 11.7. The van der Waals surface area contributed by atoms with Crippen LogP contribution in [0.1, 0.15) is 16.8 Å². The molecule has 1 aromatic heterocycles. The molecule has 1 aliphatic carbocycles. The molecule has 134 valence electrons. The summed E-state index contributed by atoms with van der Waals surface area (Å²) in [4.78, 5) is 6.95. The SMILES string of the molecule is CN(C)CC1Cc2cc3ccccc3nc2CC1(O)c1cccc(O)c1. The van der Waals surface area contributed by atoms with E-state index in [1.807, 2.05) is 38.4 Å². The van der Waals surface area contributed by atoms with Gasteiger partial charge in [0.2, 0.25) is 0 Å². The van der Waals surface area contributed by atoms with Gasteiger partial charge in [0, 0.05) is 30.0 Å². The minimum atomic E-state index is -1.05. The van der Waals surface area contributed by atoms with Crippen molar-refractivity contribution in [2.75, 3.05) is 20.6 Å². The third-order valence-corrected chi connectivity index (χ3v) is 5.40. The van der Waals surface area contributed by atoms with E-state index in [4.69, 9.17) is 4.98 Å². The Hall–Kier alpha value is -2.43. The molecule has 0 saturated heterocycles. The lowest BCUT2D eigenvalue weighted by molar-refractivity contribution is -0.0404. The maximum absolute atomic E-state index is 11.7. The number of hydrogen-bond donors (Lipinski definition) is 2. The fourth-order valence-electron chi connectivity index (χ4n) is 4.13. The molecule has 26 heavy (non-hydrogen) atoms. The average molecular weight is 348 g/mol. The van der Waals surface area contributed by atoms with Crippen LogP contribution in [-0.2, 0) is 18.4 Å². The normalized spacial score (nSPS) is 22.5. The summed E-state index contributed by atoms with van der Waals surface area (Å²) in [5.41, 5.74) is 2.82. The van der Waals surface area contributed by atoms with Crippen LogP contribution in [0.3, 0.4) is 0 Å². The first kappa shape index (κ1) is 17.0. The molecule has 4 heteroatoms. The van der Waals surface area contributed by atoms with Crippen molar-refractivity contribution < 1.29 is 10.2 Å². The molecular weight excluding hydrogens is 324 g/mol. The van der Waals surface area contributed by atoms with Gasteiger partial charge in [0.1, 0.15) is 5.75 Å². The molecule has 0 amide bonds. The lowest BCUT2D eigenvalue weighted by Gasteiger charge is -2.42. The predicted octanol–water partition coefficient (Wildman–Crippen LogP) is 3.10. The highest BCUT2D eigenvalue weighted by atomic mass is 16.3. The zero-order valence-corrected chi connectivity index (χ0v) is 15.2. The Morgan fingerprint density at radius 2 is 1.92 bits per heavy atom. The van der Waals surface area contributed by atoms with Crippen LogP contribution >= 0.6 is 0 Å². The molecule has 0 bridgehead atoms. The molecule has 2 atom stereocenters. The Bertz CT molecular complexity index is 954. The van der Waals surface area contributed by atoms with Crippen molar-refractivity contribution in [1.29, 1.82) is 0 Å². The molecule has 2 unspecified atom stereocenters. The van der Waals surface area contributed by atoms with Gasteiger partial charge in [-0.2, -0.15) is 0 Å². The molecule has 3 aromatic rings. The summed E-state index contributed by atoms with van der Waals surface area (Å²) in [6, 6.07) is 17.3. The van der Waals surface area contributed by atoms with E-state index in [9.17, 15) is 10.2 Å². The molecule has 0 aliphatic heterocycles. The van der Waals surface area contributed by atoms with Gasteiger partial charge in [0.15, 0.2) is 0 Å². The molecule has 2 aromatic carbocycles. The number of nitrogens with zero attached hydrogens (tertiary/aromatic N) is 2. The zero-order chi connectivity index (χ0) is 18.3. The Morgan fingerprint density at radius 1 is 1.12 bits per heavy atom. The van der Waals surface area contributed by atoms with Crippen molar-refractivity contribution in [2.45, 2.75) is 18.4 Å². The van der Waals surface area contributed by atoms with Crippen LogP contribution in [0, 0.1) is 5.92 Å². The van der Waals surface area contributed by atoms with E-state index >= 15 is 0 Å². The molecule has 0 spiro atoms. The number of rotatable bonds is 3. The highest BCUT2D eigenvalue weighted by molar-refractivity contribution is 5.79. The fourth-order valence-corrected chi connectivity index (χ4v) is 4.13. The van der Waals surface area contributed by atoms with Gasteiger partial charge in [-0.15, -0.1) is 0 Å². The van der Waals surface area contributed by atoms with E-state index in [2.05, 4.69) is 17.0 Å². The lowest BCUT2D eigenvalue weighted by Crippen LogP contribution is -2.46. The van der Waals surface area contributed by atoms with Crippen LogP contribution in [0.5, 0.6) is 5.75 Å². The quantitative estimate of drug-likeness (QED) is 0.764. The summed E-state index contributed by atoms with van der Waals surface area (Å²) < 4.78 is 0. The van der Waals surface area contributed by atoms with E-state index < -0.39 is 5.60 Å². The predicted molar refractivity (Wildman–Crippen MR) is 103 cm³/mol. The third-order valence-electron chi connectivity index (χ3n) is 5.40. The van der Waals surface area contributed by atoms with Crippen molar-refractivity contribution in [2.24, 2.45) is 5.92 Å². The van der Waals surface area contributed by atoms with Crippen LogP contribution in [0.15, 0.2) is 54.6 Å². The van der Waals surface area contributed by atoms with Gasteiger partial charge in [-0.3, -0.25) is 4.98 Å². The van der Waals surface area contributed by atoms with E-state index in [0.29, 0.717) is 6.42 Å². The summed E-state index contributed by atoms with van der Waals surface area (Å²) >= 11 is 0. The number of para-hydroxylation sites is 1. The molecule has 0 saturated carbocycles.